The third kappa shape index (κ3) is 5.81. The minimum atomic E-state index is 0.0711. The number of nitrogens with one attached hydrogen (secondary N) is 1. The zero-order valence-electron chi connectivity index (χ0n) is 16.6. The van der Waals surface area contributed by atoms with Gasteiger partial charge in [0.1, 0.15) is 4.34 Å². The fraction of sp³-hybridized carbons (Fsp3) is 0.476. The molecule has 1 aromatic heterocycles. The number of amides is 2. The van der Waals surface area contributed by atoms with Crippen LogP contribution in [0.1, 0.15) is 34.5 Å². The lowest BCUT2D eigenvalue weighted by Gasteiger charge is -2.34. The Bertz CT molecular complexity index is 856. The summed E-state index contributed by atoms with van der Waals surface area (Å²) in [7, 11) is 0. The first-order chi connectivity index (χ1) is 14.1. The SMILES string of the molecule is Cc1csc(SCc2ccc(C(=O)N3CCN(CC(=O)NC4CC4)CC3)cc2)n1. The molecule has 0 atom stereocenters. The Labute approximate surface area is 179 Å². The lowest BCUT2D eigenvalue weighted by atomic mass is 10.1. The maximum atomic E-state index is 12.8. The van der Waals surface area contributed by atoms with Crippen LogP contribution in [0.4, 0.5) is 0 Å². The highest BCUT2D eigenvalue weighted by atomic mass is 32.2. The van der Waals surface area contributed by atoms with Crippen molar-refractivity contribution in [2.75, 3.05) is 32.7 Å². The summed E-state index contributed by atoms with van der Waals surface area (Å²) in [4.78, 5) is 33.2. The first-order valence-corrected chi connectivity index (χ1v) is 11.9. The molecule has 1 saturated heterocycles. The molecule has 1 aliphatic carbocycles. The van der Waals surface area contributed by atoms with E-state index in [1.807, 2.05) is 36.1 Å². The number of carbonyl (C=O) groups is 2. The molecule has 29 heavy (non-hydrogen) atoms. The standard InChI is InChI=1S/C21H26N4O2S2/c1-15-13-28-21(22-15)29-14-16-2-4-17(5-3-16)20(27)25-10-8-24(9-11-25)12-19(26)23-18-6-7-18/h2-5,13,18H,6-12,14H2,1H3,(H,23,26). The van der Waals surface area contributed by atoms with Gasteiger partial charge in [0.15, 0.2) is 0 Å². The number of hydrogen-bond acceptors (Lipinski definition) is 6. The van der Waals surface area contributed by atoms with E-state index in [9.17, 15) is 9.59 Å². The van der Waals surface area contributed by atoms with E-state index in [2.05, 4.69) is 20.6 Å². The molecule has 2 aliphatic rings. The molecular formula is C21H26N4O2S2. The van der Waals surface area contributed by atoms with Crippen molar-refractivity contribution in [3.63, 3.8) is 0 Å². The van der Waals surface area contributed by atoms with E-state index in [1.54, 1.807) is 23.1 Å². The summed E-state index contributed by atoms with van der Waals surface area (Å²) in [6, 6.07) is 8.29. The molecule has 0 bridgehead atoms. The first kappa shape index (κ1) is 20.4. The van der Waals surface area contributed by atoms with Crippen LogP contribution in [0.15, 0.2) is 34.0 Å². The summed E-state index contributed by atoms with van der Waals surface area (Å²) in [5.41, 5.74) is 2.97. The fourth-order valence-corrected chi connectivity index (χ4v) is 5.09. The molecule has 1 aromatic carbocycles. The topological polar surface area (TPSA) is 65.5 Å². The maximum Gasteiger partial charge on any atom is 0.253 e. The summed E-state index contributed by atoms with van der Waals surface area (Å²) < 4.78 is 1.08. The second kappa shape index (κ2) is 9.28. The number of hydrogen-bond donors (Lipinski definition) is 1. The van der Waals surface area contributed by atoms with Crippen molar-refractivity contribution < 1.29 is 9.59 Å². The zero-order chi connectivity index (χ0) is 20.2. The molecule has 1 saturated carbocycles. The Balaban J connectivity index is 1.23. The van der Waals surface area contributed by atoms with E-state index in [0.29, 0.717) is 25.7 Å². The minimum absolute atomic E-state index is 0.0711. The second-order valence-electron chi connectivity index (χ2n) is 7.65. The van der Waals surface area contributed by atoms with Crippen LogP contribution in [-0.4, -0.2) is 65.4 Å². The highest BCUT2D eigenvalue weighted by Gasteiger charge is 2.26. The van der Waals surface area contributed by atoms with Gasteiger partial charge in [0, 0.05) is 54.6 Å². The monoisotopic (exact) mass is 430 g/mol. The largest absolute Gasteiger partial charge is 0.352 e. The second-order valence-corrected chi connectivity index (χ2v) is 9.73. The number of thiazole rings is 1. The fourth-order valence-electron chi connectivity index (χ4n) is 3.28. The predicted molar refractivity (Wildman–Crippen MR) is 116 cm³/mol. The quantitative estimate of drug-likeness (QED) is 0.685. The van der Waals surface area contributed by atoms with Crippen molar-refractivity contribution in [2.45, 2.75) is 35.9 Å². The van der Waals surface area contributed by atoms with Crippen LogP contribution in [0, 0.1) is 6.92 Å². The van der Waals surface area contributed by atoms with Gasteiger partial charge in [-0.15, -0.1) is 11.3 Å². The van der Waals surface area contributed by atoms with E-state index >= 15 is 0 Å². The van der Waals surface area contributed by atoms with Crippen LogP contribution in [0.2, 0.25) is 0 Å². The van der Waals surface area contributed by atoms with Crippen LogP contribution >= 0.6 is 23.1 Å². The Morgan fingerprint density at radius 1 is 1.17 bits per heavy atom. The van der Waals surface area contributed by atoms with Crippen LogP contribution in [0.25, 0.3) is 0 Å². The summed E-state index contributed by atoms with van der Waals surface area (Å²) in [5, 5.41) is 5.08. The van der Waals surface area contributed by atoms with Crippen LogP contribution < -0.4 is 5.32 Å². The number of aromatic nitrogens is 1. The molecule has 8 heteroatoms. The number of piperazine rings is 1. The van der Waals surface area contributed by atoms with Crippen molar-refractivity contribution in [1.82, 2.24) is 20.1 Å². The van der Waals surface area contributed by atoms with Gasteiger partial charge in [-0.25, -0.2) is 4.98 Å². The lowest BCUT2D eigenvalue weighted by Crippen LogP contribution is -2.51. The lowest BCUT2D eigenvalue weighted by molar-refractivity contribution is -0.122. The first-order valence-electron chi connectivity index (χ1n) is 10.0. The van der Waals surface area contributed by atoms with Gasteiger partial charge >= 0.3 is 0 Å². The van der Waals surface area contributed by atoms with Crippen molar-refractivity contribution in [3.8, 4) is 0 Å². The van der Waals surface area contributed by atoms with Gasteiger partial charge in [-0.05, 0) is 37.5 Å². The Morgan fingerprint density at radius 2 is 1.90 bits per heavy atom. The van der Waals surface area contributed by atoms with Crippen molar-refractivity contribution in [1.29, 1.82) is 0 Å². The zero-order valence-corrected chi connectivity index (χ0v) is 18.2. The molecule has 2 heterocycles. The summed E-state index contributed by atoms with van der Waals surface area (Å²) >= 11 is 3.39. The molecule has 0 unspecified atom stereocenters. The third-order valence-corrected chi connectivity index (χ3v) is 7.34. The molecule has 2 fully saturated rings. The smallest absolute Gasteiger partial charge is 0.253 e. The molecule has 4 rings (SSSR count). The number of nitrogens with zero attached hydrogens (tertiary/aromatic N) is 3. The molecule has 0 spiro atoms. The molecule has 1 aliphatic heterocycles. The number of aryl methyl sites for hydroxylation is 1. The Morgan fingerprint density at radius 3 is 2.52 bits per heavy atom. The van der Waals surface area contributed by atoms with Gasteiger partial charge in [0.2, 0.25) is 5.91 Å². The molecule has 1 N–H and O–H groups in total. The van der Waals surface area contributed by atoms with E-state index < -0.39 is 0 Å². The molecule has 0 radical (unpaired) electrons. The van der Waals surface area contributed by atoms with Gasteiger partial charge in [0.25, 0.3) is 5.91 Å². The normalized spacial score (nSPS) is 17.3. The molecule has 2 amide bonds. The Kier molecular flexibility index (Phi) is 6.52. The summed E-state index contributed by atoms with van der Waals surface area (Å²) in [6.07, 6.45) is 2.21. The molecule has 2 aromatic rings. The average Bonchev–Trinajstić information content (AvgIpc) is 3.44. The van der Waals surface area contributed by atoms with Gasteiger partial charge < -0.3 is 10.2 Å². The Hall–Kier alpha value is -1.90. The van der Waals surface area contributed by atoms with Gasteiger partial charge in [-0.3, -0.25) is 14.5 Å². The van der Waals surface area contributed by atoms with Gasteiger partial charge in [-0.1, -0.05) is 23.9 Å². The number of rotatable bonds is 7. The van der Waals surface area contributed by atoms with Gasteiger partial charge in [0.05, 0.1) is 6.54 Å². The average molecular weight is 431 g/mol. The number of carbonyl (C=O) groups excluding carboxylic acids is 2. The maximum absolute atomic E-state index is 12.8. The molecule has 154 valence electrons. The van der Waals surface area contributed by atoms with Crippen molar-refractivity contribution in [2.24, 2.45) is 0 Å². The highest BCUT2D eigenvalue weighted by molar-refractivity contribution is 8.00. The van der Waals surface area contributed by atoms with Gasteiger partial charge in [-0.2, -0.15) is 0 Å². The minimum Gasteiger partial charge on any atom is -0.352 e. The van der Waals surface area contributed by atoms with Crippen LogP contribution in [-0.2, 0) is 10.5 Å². The predicted octanol–water partition coefficient (Wildman–Crippen LogP) is 2.78. The molecular weight excluding hydrogens is 404 g/mol. The highest BCUT2D eigenvalue weighted by Crippen LogP contribution is 2.26. The number of benzene rings is 1. The van der Waals surface area contributed by atoms with Crippen LogP contribution in [0.3, 0.4) is 0 Å². The van der Waals surface area contributed by atoms with Crippen molar-refractivity contribution >= 4 is 34.9 Å². The number of thioether (sulfide) groups is 1. The van der Waals surface area contributed by atoms with Crippen molar-refractivity contribution in [3.05, 3.63) is 46.5 Å². The van der Waals surface area contributed by atoms with E-state index in [1.165, 1.54) is 5.56 Å². The van der Waals surface area contributed by atoms with E-state index in [0.717, 1.165) is 47.3 Å². The summed E-state index contributed by atoms with van der Waals surface area (Å²) in [6.45, 7) is 5.25. The van der Waals surface area contributed by atoms with E-state index in [4.69, 9.17) is 0 Å². The summed E-state index contributed by atoms with van der Waals surface area (Å²) in [5.74, 6) is 1.03. The van der Waals surface area contributed by atoms with E-state index in [-0.39, 0.29) is 11.8 Å². The third-order valence-electron chi connectivity index (χ3n) is 5.13. The van der Waals surface area contributed by atoms with Crippen LogP contribution in [0.5, 0.6) is 0 Å². The molecule has 6 nitrogen and oxygen atoms in total.